The number of hydrogen-bond donors (Lipinski definition) is 0. The van der Waals surface area contributed by atoms with Crippen LogP contribution in [0.4, 0.5) is 0 Å². The normalized spacial score (nSPS) is 17.5. The predicted octanol–water partition coefficient (Wildman–Crippen LogP) is 3.26. The van der Waals surface area contributed by atoms with Crippen LogP contribution in [0.15, 0.2) is 9.64 Å². The standard InChI is InChI=1S/C13H22N2OS/c1-11-12(2)16-13(14-11)17-10-6-9-15-7-4-3-5-8-15/h3-10H2,1-2H3. The zero-order chi connectivity index (χ0) is 12.1. The topological polar surface area (TPSA) is 29.3 Å². The van der Waals surface area contributed by atoms with Gasteiger partial charge in [-0.1, -0.05) is 18.2 Å². The molecule has 2 rings (SSSR count). The molecule has 0 N–H and O–H groups in total. The van der Waals surface area contributed by atoms with E-state index in [1.54, 1.807) is 11.8 Å². The summed E-state index contributed by atoms with van der Waals surface area (Å²) in [7, 11) is 0. The Balaban J connectivity index is 1.62. The summed E-state index contributed by atoms with van der Waals surface area (Å²) in [6, 6.07) is 0. The molecule has 0 radical (unpaired) electrons. The lowest BCUT2D eigenvalue weighted by Crippen LogP contribution is -2.30. The van der Waals surface area contributed by atoms with Crippen molar-refractivity contribution in [1.29, 1.82) is 0 Å². The van der Waals surface area contributed by atoms with Crippen LogP contribution >= 0.6 is 11.8 Å². The van der Waals surface area contributed by atoms with E-state index in [1.165, 1.54) is 45.3 Å². The first-order chi connectivity index (χ1) is 8.25. The maximum absolute atomic E-state index is 5.54. The summed E-state index contributed by atoms with van der Waals surface area (Å²) in [5, 5.41) is 0.832. The van der Waals surface area contributed by atoms with E-state index in [0.717, 1.165) is 22.4 Å². The third-order valence-electron chi connectivity index (χ3n) is 3.30. The fraction of sp³-hybridized carbons (Fsp3) is 0.769. The van der Waals surface area contributed by atoms with Gasteiger partial charge in [0.1, 0.15) is 5.76 Å². The SMILES string of the molecule is Cc1nc(SCCCN2CCCCC2)oc1C. The van der Waals surface area contributed by atoms with Gasteiger partial charge in [0.2, 0.25) is 0 Å². The minimum Gasteiger partial charge on any atom is -0.437 e. The molecule has 2 heterocycles. The van der Waals surface area contributed by atoms with Crippen LogP contribution in [0.5, 0.6) is 0 Å². The lowest BCUT2D eigenvalue weighted by molar-refractivity contribution is 0.230. The molecule has 1 aliphatic rings. The van der Waals surface area contributed by atoms with E-state index in [2.05, 4.69) is 9.88 Å². The first kappa shape index (κ1) is 13.0. The zero-order valence-corrected chi connectivity index (χ0v) is 11.7. The highest BCUT2D eigenvalue weighted by Gasteiger charge is 2.10. The number of rotatable bonds is 5. The van der Waals surface area contributed by atoms with Gasteiger partial charge in [-0.2, -0.15) is 0 Å². The van der Waals surface area contributed by atoms with Crippen LogP contribution in [0.2, 0.25) is 0 Å². The van der Waals surface area contributed by atoms with Crippen LogP contribution in [0, 0.1) is 13.8 Å². The Morgan fingerprint density at radius 1 is 1.24 bits per heavy atom. The van der Waals surface area contributed by atoms with Crippen molar-refractivity contribution >= 4 is 11.8 Å². The molecule has 1 aliphatic heterocycles. The quantitative estimate of drug-likeness (QED) is 0.596. The number of nitrogens with zero attached hydrogens (tertiary/aromatic N) is 2. The van der Waals surface area contributed by atoms with Crippen LogP contribution in [-0.4, -0.2) is 35.3 Å². The van der Waals surface area contributed by atoms with Crippen LogP contribution < -0.4 is 0 Å². The summed E-state index contributed by atoms with van der Waals surface area (Å²) >= 11 is 1.74. The lowest BCUT2D eigenvalue weighted by atomic mass is 10.1. The Labute approximate surface area is 108 Å². The first-order valence-corrected chi connectivity index (χ1v) is 7.53. The Kier molecular flexibility index (Phi) is 4.92. The molecule has 0 bridgehead atoms. The van der Waals surface area contributed by atoms with Crippen LogP contribution in [0.3, 0.4) is 0 Å². The van der Waals surface area contributed by atoms with Crippen molar-refractivity contribution in [3.8, 4) is 0 Å². The molecule has 1 aromatic heterocycles. The van der Waals surface area contributed by atoms with E-state index in [1.807, 2.05) is 13.8 Å². The molecule has 0 saturated carbocycles. The average molecular weight is 254 g/mol. The molecule has 0 aromatic carbocycles. The van der Waals surface area contributed by atoms with E-state index in [4.69, 9.17) is 4.42 Å². The smallest absolute Gasteiger partial charge is 0.256 e. The third kappa shape index (κ3) is 4.03. The van der Waals surface area contributed by atoms with Gasteiger partial charge in [0.15, 0.2) is 0 Å². The molecular weight excluding hydrogens is 232 g/mol. The van der Waals surface area contributed by atoms with Crippen molar-refractivity contribution in [2.45, 2.75) is 44.8 Å². The van der Waals surface area contributed by atoms with Crippen molar-refractivity contribution in [2.75, 3.05) is 25.4 Å². The maximum atomic E-state index is 5.54. The molecule has 17 heavy (non-hydrogen) atoms. The van der Waals surface area contributed by atoms with Gasteiger partial charge >= 0.3 is 0 Å². The van der Waals surface area contributed by atoms with Gasteiger partial charge in [0.25, 0.3) is 5.22 Å². The van der Waals surface area contributed by atoms with Gasteiger partial charge < -0.3 is 9.32 Å². The highest BCUT2D eigenvalue weighted by atomic mass is 32.2. The highest BCUT2D eigenvalue weighted by Crippen LogP contribution is 2.21. The molecule has 0 spiro atoms. The Bertz CT molecular complexity index is 326. The fourth-order valence-corrected chi connectivity index (χ4v) is 2.97. The largest absolute Gasteiger partial charge is 0.437 e. The van der Waals surface area contributed by atoms with Crippen LogP contribution in [-0.2, 0) is 0 Å². The van der Waals surface area contributed by atoms with Gasteiger partial charge in [-0.3, -0.25) is 0 Å². The van der Waals surface area contributed by atoms with Crippen molar-refractivity contribution < 1.29 is 4.42 Å². The summed E-state index contributed by atoms with van der Waals surface area (Å²) in [5.74, 6) is 2.05. The van der Waals surface area contributed by atoms with E-state index < -0.39 is 0 Å². The monoisotopic (exact) mass is 254 g/mol. The van der Waals surface area contributed by atoms with Crippen molar-refractivity contribution in [2.24, 2.45) is 0 Å². The van der Waals surface area contributed by atoms with E-state index in [-0.39, 0.29) is 0 Å². The number of piperidine rings is 1. The van der Waals surface area contributed by atoms with Crippen molar-refractivity contribution in [3.05, 3.63) is 11.5 Å². The number of likely N-dealkylation sites (tertiary alicyclic amines) is 1. The number of thioether (sulfide) groups is 1. The minimum atomic E-state index is 0.832. The molecule has 1 saturated heterocycles. The van der Waals surface area contributed by atoms with Crippen LogP contribution in [0.1, 0.15) is 37.1 Å². The van der Waals surface area contributed by atoms with Crippen molar-refractivity contribution in [3.63, 3.8) is 0 Å². The van der Waals surface area contributed by atoms with Gasteiger partial charge in [-0.25, -0.2) is 4.98 Å². The van der Waals surface area contributed by atoms with E-state index in [9.17, 15) is 0 Å². The van der Waals surface area contributed by atoms with E-state index in [0.29, 0.717) is 0 Å². The summed E-state index contributed by atoms with van der Waals surface area (Å²) in [5.41, 5.74) is 1.02. The molecule has 0 aliphatic carbocycles. The molecule has 3 nitrogen and oxygen atoms in total. The molecule has 1 aromatic rings. The van der Waals surface area contributed by atoms with Gasteiger partial charge in [-0.05, 0) is 52.7 Å². The second-order valence-corrected chi connectivity index (χ2v) is 5.77. The second kappa shape index (κ2) is 6.45. The van der Waals surface area contributed by atoms with Crippen molar-refractivity contribution in [1.82, 2.24) is 9.88 Å². The highest BCUT2D eigenvalue weighted by molar-refractivity contribution is 7.99. The Morgan fingerprint density at radius 2 is 2.00 bits per heavy atom. The number of oxazole rings is 1. The zero-order valence-electron chi connectivity index (χ0n) is 10.9. The number of aromatic nitrogens is 1. The van der Waals surface area contributed by atoms with Gasteiger partial charge in [-0.15, -0.1) is 0 Å². The number of hydrogen-bond acceptors (Lipinski definition) is 4. The predicted molar refractivity (Wildman–Crippen MR) is 71.6 cm³/mol. The third-order valence-corrected chi connectivity index (χ3v) is 4.22. The van der Waals surface area contributed by atoms with Crippen LogP contribution in [0.25, 0.3) is 0 Å². The molecule has 0 amide bonds. The summed E-state index contributed by atoms with van der Waals surface area (Å²) in [6.07, 6.45) is 5.40. The second-order valence-electron chi connectivity index (χ2n) is 4.73. The summed E-state index contributed by atoms with van der Waals surface area (Å²) in [4.78, 5) is 6.96. The fourth-order valence-electron chi connectivity index (χ4n) is 2.14. The Morgan fingerprint density at radius 3 is 2.65 bits per heavy atom. The summed E-state index contributed by atoms with van der Waals surface area (Å²) in [6.45, 7) is 7.78. The lowest BCUT2D eigenvalue weighted by Gasteiger charge is -2.26. The number of aryl methyl sites for hydroxylation is 2. The van der Waals surface area contributed by atoms with E-state index >= 15 is 0 Å². The first-order valence-electron chi connectivity index (χ1n) is 6.55. The molecule has 0 unspecified atom stereocenters. The maximum Gasteiger partial charge on any atom is 0.256 e. The average Bonchev–Trinajstić information content (AvgIpc) is 2.66. The van der Waals surface area contributed by atoms with Gasteiger partial charge in [0, 0.05) is 5.75 Å². The Hall–Kier alpha value is -0.480. The molecule has 1 fully saturated rings. The minimum absolute atomic E-state index is 0.832. The molecule has 96 valence electrons. The summed E-state index contributed by atoms with van der Waals surface area (Å²) < 4.78 is 5.54. The molecule has 4 heteroatoms. The van der Waals surface area contributed by atoms with Gasteiger partial charge in [0.05, 0.1) is 5.69 Å². The molecular formula is C13H22N2OS. The molecule has 0 atom stereocenters.